The van der Waals surface area contributed by atoms with Crippen LogP contribution in [0.25, 0.3) is 22.3 Å². The highest BCUT2D eigenvalue weighted by molar-refractivity contribution is 7.91. The van der Waals surface area contributed by atoms with Gasteiger partial charge in [0.05, 0.1) is 34.3 Å². The second kappa shape index (κ2) is 7.69. The summed E-state index contributed by atoms with van der Waals surface area (Å²) in [6.07, 6.45) is 4.07. The summed E-state index contributed by atoms with van der Waals surface area (Å²) in [5, 5.41) is 5.24. The van der Waals surface area contributed by atoms with E-state index in [9.17, 15) is 13.2 Å². The van der Waals surface area contributed by atoms with Crippen molar-refractivity contribution >= 4 is 26.8 Å². The number of carbonyl (C=O) groups is 1. The van der Waals surface area contributed by atoms with Crippen molar-refractivity contribution in [1.29, 1.82) is 0 Å². The molecule has 0 spiro atoms. The molecule has 3 heterocycles. The Bertz CT molecular complexity index is 1310. The minimum Gasteiger partial charge on any atom is -0.332 e. The smallest absolute Gasteiger partial charge is 0.255 e. The van der Waals surface area contributed by atoms with E-state index in [2.05, 4.69) is 5.10 Å². The Morgan fingerprint density at radius 3 is 2.53 bits per heavy atom. The molecule has 7 nitrogen and oxygen atoms in total. The molecule has 1 aliphatic carbocycles. The summed E-state index contributed by atoms with van der Waals surface area (Å²) in [7, 11) is -3.09. The van der Waals surface area contributed by atoms with Crippen molar-refractivity contribution in [2.24, 2.45) is 0 Å². The van der Waals surface area contributed by atoms with Gasteiger partial charge in [-0.1, -0.05) is 24.3 Å². The molecule has 2 aromatic heterocycles. The molecule has 1 saturated heterocycles. The molecule has 32 heavy (non-hydrogen) atoms. The molecule has 1 aromatic carbocycles. The fourth-order valence-electron chi connectivity index (χ4n) is 4.69. The van der Waals surface area contributed by atoms with Crippen LogP contribution in [0.2, 0.25) is 0 Å². The molecule has 8 heteroatoms. The second-order valence-electron chi connectivity index (χ2n) is 9.29. The van der Waals surface area contributed by atoms with Gasteiger partial charge in [0.25, 0.3) is 5.91 Å². The van der Waals surface area contributed by atoms with E-state index in [1.807, 2.05) is 60.7 Å². The van der Waals surface area contributed by atoms with Crippen LogP contribution in [0.4, 0.5) is 0 Å². The largest absolute Gasteiger partial charge is 0.332 e. The van der Waals surface area contributed by atoms with E-state index in [1.54, 1.807) is 6.20 Å². The van der Waals surface area contributed by atoms with Gasteiger partial charge in [-0.15, -0.1) is 0 Å². The van der Waals surface area contributed by atoms with Gasteiger partial charge in [0.15, 0.2) is 15.5 Å². The summed E-state index contributed by atoms with van der Waals surface area (Å²) >= 11 is 0. The third-order valence-corrected chi connectivity index (χ3v) is 8.23. The minimum atomic E-state index is -3.09. The van der Waals surface area contributed by atoms with Crippen LogP contribution >= 0.6 is 0 Å². The van der Waals surface area contributed by atoms with Crippen molar-refractivity contribution in [3.05, 3.63) is 47.7 Å². The summed E-state index contributed by atoms with van der Waals surface area (Å²) < 4.78 is 26.1. The predicted octanol–water partition coefficient (Wildman–Crippen LogP) is 3.78. The first-order valence-corrected chi connectivity index (χ1v) is 13.0. The number of nitrogens with zero attached hydrogens (tertiary/aromatic N) is 4. The zero-order valence-corrected chi connectivity index (χ0v) is 19.5. The molecular formula is C24H28N4O3S. The normalized spacial score (nSPS) is 20.2. The monoisotopic (exact) mass is 452 g/mol. The van der Waals surface area contributed by atoms with Crippen LogP contribution in [0.3, 0.4) is 0 Å². The Kier molecular flexibility index (Phi) is 5.08. The first kappa shape index (κ1) is 21.1. The van der Waals surface area contributed by atoms with Gasteiger partial charge in [-0.05, 0) is 51.7 Å². The van der Waals surface area contributed by atoms with Gasteiger partial charge < -0.3 is 4.90 Å². The average Bonchev–Trinajstić information content (AvgIpc) is 3.37. The van der Waals surface area contributed by atoms with Gasteiger partial charge in [-0.25, -0.2) is 18.1 Å². The molecule has 3 aromatic rings. The molecule has 1 unspecified atom stereocenters. The Morgan fingerprint density at radius 2 is 1.91 bits per heavy atom. The first-order valence-electron chi connectivity index (χ1n) is 11.2. The van der Waals surface area contributed by atoms with Gasteiger partial charge in [-0.2, -0.15) is 5.10 Å². The second-order valence-corrected chi connectivity index (χ2v) is 11.5. The van der Waals surface area contributed by atoms with Gasteiger partial charge in [0.2, 0.25) is 0 Å². The van der Waals surface area contributed by atoms with E-state index < -0.39 is 9.84 Å². The van der Waals surface area contributed by atoms with E-state index in [-0.39, 0.29) is 35.5 Å². The summed E-state index contributed by atoms with van der Waals surface area (Å²) in [4.78, 5) is 20.7. The van der Waals surface area contributed by atoms with E-state index in [4.69, 9.17) is 4.98 Å². The number of aromatic nitrogens is 3. The number of hydrogen-bond acceptors (Lipinski definition) is 5. The molecular weight excluding hydrogens is 424 g/mol. The lowest BCUT2D eigenvalue weighted by atomic mass is 10.0. The zero-order valence-electron chi connectivity index (χ0n) is 18.7. The quantitative estimate of drug-likeness (QED) is 0.588. The van der Waals surface area contributed by atoms with Gasteiger partial charge in [0, 0.05) is 23.7 Å². The van der Waals surface area contributed by atoms with Crippen LogP contribution in [0.5, 0.6) is 0 Å². The SMILES string of the molecule is Cc1ccccc1-c1cc(C(=O)N(C2CC2)C2CCS(=O)(=O)C2)c2cnn(C(C)C)c2n1. The van der Waals surface area contributed by atoms with Crippen LogP contribution in [0.15, 0.2) is 36.5 Å². The molecule has 5 rings (SSSR count). The number of sulfone groups is 1. The summed E-state index contributed by atoms with van der Waals surface area (Å²) in [5.74, 6) is 0.0964. The van der Waals surface area contributed by atoms with Crippen molar-refractivity contribution in [3.8, 4) is 11.3 Å². The van der Waals surface area contributed by atoms with Crippen LogP contribution in [-0.4, -0.2) is 57.6 Å². The summed E-state index contributed by atoms with van der Waals surface area (Å²) in [6.45, 7) is 6.11. The third kappa shape index (κ3) is 3.70. The number of rotatable bonds is 5. The molecule has 0 N–H and O–H groups in total. The highest BCUT2D eigenvalue weighted by atomic mass is 32.2. The molecule has 0 radical (unpaired) electrons. The maximum atomic E-state index is 14.0. The Morgan fingerprint density at radius 1 is 1.16 bits per heavy atom. The van der Waals surface area contributed by atoms with Crippen molar-refractivity contribution in [3.63, 3.8) is 0 Å². The third-order valence-electron chi connectivity index (χ3n) is 6.48. The number of pyridine rings is 1. The van der Waals surface area contributed by atoms with Gasteiger partial charge >= 0.3 is 0 Å². The average molecular weight is 453 g/mol. The Balaban J connectivity index is 1.67. The number of benzene rings is 1. The van der Waals surface area contributed by atoms with Crippen molar-refractivity contribution < 1.29 is 13.2 Å². The van der Waals surface area contributed by atoms with E-state index >= 15 is 0 Å². The first-order chi connectivity index (χ1) is 15.2. The number of aryl methyl sites for hydroxylation is 1. The van der Waals surface area contributed by atoms with Gasteiger partial charge in [0.1, 0.15) is 0 Å². The molecule has 1 saturated carbocycles. The molecule has 2 aliphatic rings. The van der Waals surface area contributed by atoms with Crippen LogP contribution < -0.4 is 0 Å². The van der Waals surface area contributed by atoms with E-state index in [1.165, 1.54) is 0 Å². The van der Waals surface area contributed by atoms with E-state index in [0.29, 0.717) is 23.0 Å². The topological polar surface area (TPSA) is 85.2 Å². The van der Waals surface area contributed by atoms with Crippen LogP contribution in [0, 0.1) is 6.92 Å². The maximum absolute atomic E-state index is 14.0. The predicted molar refractivity (Wildman–Crippen MR) is 124 cm³/mol. The fraction of sp³-hybridized carbons (Fsp3) is 0.458. The lowest BCUT2D eigenvalue weighted by Crippen LogP contribution is -2.42. The lowest BCUT2D eigenvalue weighted by molar-refractivity contribution is 0.0683. The van der Waals surface area contributed by atoms with Crippen molar-refractivity contribution in [1.82, 2.24) is 19.7 Å². The van der Waals surface area contributed by atoms with E-state index in [0.717, 1.165) is 29.7 Å². The minimum absolute atomic E-state index is 0.0549. The highest BCUT2D eigenvalue weighted by Gasteiger charge is 2.43. The molecule has 168 valence electrons. The number of hydrogen-bond donors (Lipinski definition) is 0. The number of carbonyl (C=O) groups excluding carboxylic acids is 1. The van der Waals surface area contributed by atoms with Gasteiger partial charge in [-0.3, -0.25) is 4.79 Å². The molecule has 2 fully saturated rings. The Hall–Kier alpha value is -2.74. The lowest BCUT2D eigenvalue weighted by Gasteiger charge is -2.28. The summed E-state index contributed by atoms with van der Waals surface area (Å²) in [5.41, 5.74) is 4.02. The van der Waals surface area contributed by atoms with Crippen molar-refractivity contribution in [2.75, 3.05) is 11.5 Å². The molecule has 1 aliphatic heterocycles. The van der Waals surface area contributed by atoms with Crippen LogP contribution in [-0.2, 0) is 9.84 Å². The summed E-state index contributed by atoms with van der Waals surface area (Å²) in [6, 6.07) is 9.80. The number of fused-ring (bicyclic) bond motifs is 1. The molecule has 0 bridgehead atoms. The number of amides is 1. The molecule has 1 atom stereocenters. The Labute approximate surface area is 188 Å². The molecule has 1 amide bonds. The zero-order chi connectivity index (χ0) is 22.6. The van der Waals surface area contributed by atoms with Crippen molar-refractivity contribution in [2.45, 2.75) is 58.2 Å². The maximum Gasteiger partial charge on any atom is 0.255 e. The standard InChI is InChI=1S/C24H28N4O3S/c1-15(2)28-23-21(13-25-28)20(12-22(26-23)19-7-5-4-6-16(19)3)24(29)27(17-8-9-17)18-10-11-32(30,31)14-18/h4-7,12-13,15,17-18H,8-11,14H2,1-3H3. The van der Waals surface area contributed by atoms with Crippen LogP contribution in [0.1, 0.15) is 55.1 Å². The highest BCUT2D eigenvalue weighted by Crippen LogP contribution is 2.36. The fourth-order valence-corrected chi connectivity index (χ4v) is 6.40.